The standard InChI is InChI=1S/C13H16BrClO2/c1-4-17-13(16)11(15)7-10-5-8(2)12(14)9(3)6-10/h5-6,11H,4,7H2,1-3H3. The molecule has 0 aliphatic heterocycles. The molecule has 0 aromatic heterocycles. The number of carbonyl (C=O) groups excluding carboxylic acids is 1. The molecule has 1 aromatic carbocycles. The molecule has 0 fully saturated rings. The van der Waals surface area contributed by atoms with E-state index in [1.807, 2.05) is 26.0 Å². The molecule has 0 bridgehead atoms. The summed E-state index contributed by atoms with van der Waals surface area (Å²) in [6.45, 7) is 6.18. The smallest absolute Gasteiger partial charge is 0.324 e. The highest BCUT2D eigenvalue weighted by atomic mass is 79.9. The highest BCUT2D eigenvalue weighted by Gasteiger charge is 2.17. The topological polar surface area (TPSA) is 26.3 Å². The summed E-state index contributed by atoms with van der Waals surface area (Å²) in [5, 5.41) is -0.616. The number of hydrogen-bond donors (Lipinski definition) is 0. The fraction of sp³-hybridized carbons (Fsp3) is 0.462. The van der Waals surface area contributed by atoms with Gasteiger partial charge in [-0.05, 0) is 43.9 Å². The Morgan fingerprint density at radius 2 is 1.94 bits per heavy atom. The second kappa shape index (κ2) is 6.41. The molecule has 2 nitrogen and oxygen atoms in total. The Hall–Kier alpha value is -0.540. The number of benzene rings is 1. The third-order valence-corrected chi connectivity index (χ3v) is 4.04. The Labute approximate surface area is 115 Å². The number of hydrogen-bond acceptors (Lipinski definition) is 2. The average molecular weight is 320 g/mol. The highest BCUT2D eigenvalue weighted by Crippen LogP contribution is 2.23. The predicted molar refractivity (Wildman–Crippen MR) is 73.6 cm³/mol. The number of halogens is 2. The van der Waals surface area contributed by atoms with Crippen LogP contribution in [0.3, 0.4) is 0 Å². The van der Waals surface area contributed by atoms with Crippen LogP contribution in [0.5, 0.6) is 0 Å². The van der Waals surface area contributed by atoms with Crippen molar-refractivity contribution in [2.45, 2.75) is 32.6 Å². The predicted octanol–water partition coefficient (Wildman–Crippen LogP) is 3.78. The van der Waals surface area contributed by atoms with Crippen LogP contribution < -0.4 is 0 Å². The van der Waals surface area contributed by atoms with Gasteiger partial charge in [-0.2, -0.15) is 0 Å². The average Bonchev–Trinajstić information content (AvgIpc) is 2.26. The zero-order chi connectivity index (χ0) is 13.0. The first-order valence-electron chi connectivity index (χ1n) is 5.52. The first-order valence-corrected chi connectivity index (χ1v) is 6.75. The summed E-state index contributed by atoms with van der Waals surface area (Å²) in [7, 11) is 0. The Morgan fingerprint density at radius 3 is 2.41 bits per heavy atom. The lowest BCUT2D eigenvalue weighted by Gasteiger charge is -2.11. The molecule has 17 heavy (non-hydrogen) atoms. The first kappa shape index (κ1) is 14.5. The SMILES string of the molecule is CCOC(=O)C(Cl)Cc1cc(C)c(Br)c(C)c1. The van der Waals surface area contributed by atoms with E-state index in [1.54, 1.807) is 6.92 Å². The van der Waals surface area contributed by atoms with Gasteiger partial charge in [0.05, 0.1) is 6.61 Å². The molecule has 1 atom stereocenters. The monoisotopic (exact) mass is 318 g/mol. The summed E-state index contributed by atoms with van der Waals surface area (Å²) >= 11 is 9.51. The van der Waals surface area contributed by atoms with Gasteiger partial charge in [0, 0.05) is 4.47 Å². The van der Waals surface area contributed by atoms with Crippen LogP contribution in [0.25, 0.3) is 0 Å². The summed E-state index contributed by atoms with van der Waals surface area (Å²) in [5.41, 5.74) is 3.34. The van der Waals surface area contributed by atoms with Crippen molar-refractivity contribution < 1.29 is 9.53 Å². The summed E-state index contributed by atoms with van der Waals surface area (Å²) in [4.78, 5) is 11.4. The van der Waals surface area contributed by atoms with E-state index < -0.39 is 5.38 Å². The molecule has 94 valence electrons. The lowest BCUT2D eigenvalue weighted by molar-refractivity contribution is -0.142. The van der Waals surface area contributed by atoms with Crippen molar-refractivity contribution >= 4 is 33.5 Å². The van der Waals surface area contributed by atoms with Gasteiger partial charge in [0.25, 0.3) is 0 Å². The highest BCUT2D eigenvalue weighted by molar-refractivity contribution is 9.10. The Kier molecular flexibility index (Phi) is 5.47. The van der Waals surface area contributed by atoms with E-state index in [9.17, 15) is 4.79 Å². The number of alkyl halides is 1. The molecular formula is C13H16BrClO2. The van der Waals surface area contributed by atoms with E-state index >= 15 is 0 Å². The molecule has 0 spiro atoms. The molecule has 0 saturated carbocycles. The molecule has 1 aromatic rings. The van der Waals surface area contributed by atoms with Crippen molar-refractivity contribution in [2.24, 2.45) is 0 Å². The van der Waals surface area contributed by atoms with Gasteiger partial charge in [0.15, 0.2) is 0 Å². The van der Waals surface area contributed by atoms with Gasteiger partial charge in [-0.3, -0.25) is 4.79 Å². The lowest BCUT2D eigenvalue weighted by atomic mass is 10.0. The molecule has 0 aliphatic carbocycles. The molecule has 1 unspecified atom stereocenters. The molecule has 4 heteroatoms. The molecule has 0 heterocycles. The summed E-state index contributed by atoms with van der Waals surface area (Å²) < 4.78 is 5.98. The fourth-order valence-corrected chi connectivity index (χ4v) is 2.15. The van der Waals surface area contributed by atoms with E-state index in [0.717, 1.165) is 21.2 Å². The molecule has 0 radical (unpaired) electrons. The van der Waals surface area contributed by atoms with Gasteiger partial charge >= 0.3 is 5.97 Å². The molecular weight excluding hydrogens is 303 g/mol. The zero-order valence-corrected chi connectivity index (χ0v) is 12.6. The second-order valence-electron chi connectivity index (χ2n) is 3.97. The van der Waals surface area contributed by atoms with Crippen LogP contribution in [0.1, 0.15) is 23.6 Å². The van der Waals surface area contributed by atoms with Crippen LogP contribution in [0.15, 0.2) is 16.6 Å². The van der Waals surface area contributed by atoms with Crippen LogP contribution in [-0.2, 0) is 16.0 Å². The fourth-order valence-electron chi connectivity index (χ4n) is 1.68. The largest absolute Gasteiger partial charge is 0.465 e. The normalized spacial score (nSPS) is 12.3. The molecule has 1 rings (SSSR count). The van der Waals surface area contributed by atoms with Gasteiger partial charge in [0.2, 0.25) is 0 Å². The first-order chi connectivity index (χ1) is 7.95. The van der Waals surface area contributed by atoms with E-state index in [-0.39, 0.29) is 5.97 Å². The number of ether oxygens (including phenoxy) is 1. The van der Waals surface area contributed by atoms with Gasteiger partial charge in [-0.1, -0.05) is 28.1 Å². The molecule has 0 aliphatic rings. The number of carbonyl (C=O) groups is 1. The van der Waals surface area contributed by atoms with Gasteiger partial charge in [-0.25, -0.2) is 0 Å². The minimum absolute atomic E-state index is 0.354. The van der Waals surface area contributed by atoms with Crippen LogP contribution in [0.4, 0.5) is 0 Å². The van der Waals surface area contributed by atoms with Crippen molar-refractivity contribution in [1.82, 2.24) is 0 Å². The van der Waals surface area contributed by atoms with Gasteiger partial charge in [0.1, 0.15) is 5.38 Å². The maximum atomic E-state index is 11.4. The van der Waals surface area contributed by atoms with Crippen LogP contribution in [0, 0.1) is 13.8 Å². The van der Waals surface area contributed by atoms with Crippen LogP contribution in [-0.4, -0.2) is 18.0 Å². The summed E-state index contributed by atoms with van der Waals surface area (Å²) in [6.07, 6.45) is 0.495. The Bertz CT molecular complexity index is 395. The summed E-state index contributed by atoms with van der Waals surface area (Å²) in [6, 6.07) is 4.07. The molecule has 0 saturated heterocycles. The minimum Gasteiger partial charge on any atom is -0.465 e. The lowest BCUT2D eigenvalue weighted by Crippen LogP contribution is -2.20. The number of aryl methyl sites for hydroxylation is 2. The number of esters is 1. The minimum atomic E-state index is -0.616. The van der Waals surface area contributed by atoms with Gasteiger partial charge in [-0.15, -0.1) is 11.6 Å². The van der Waals surface area contributed by atoms with Crippen molar-refractivity contribution in [2.75, 3.05) is 6.61 Å². The van der Waals surface area contributed by atoms with Gasteiger partial charge < -0.3 is 4.74 Å². The Balaban J connectivity index is 2.78. The quantitative estimate of drug-likeness (QED) is 0.623. The second-order valence-corrected chi connectivity index (χ2v) is 5.29. The van der Waals surface area contributed by atoms with Crippen LogP contribution in [0.2, 0.25) is 0 Å². The summed E-state index contributed by atoms with van der Waals surface area (Å²) in [5.74, 6) is -0.354. The maximum Gasteiger partial charge on any atom is 0.324 e. The third-order valence-electron chi connectivity index (χ3n) is 2.45. The zero-order valence-electron chi connectivity index (χ0n) is 10.2. The Morgan fingerprint density at radius 1 is 1.41 bits per heavy atom. The van der Waals surface area contributed by atoms with Crippen molar-refractivity contribution in [1.29, 1.82) is 0 Å². The molecule has 0 amide bonds. The van der Waals surface area contributed by atoms with Crippen LogP contribution >= 0.6 is 27.5 Å². The number of rotatable bonds is 4. The van der Waals surface area contributed by atoms with Crippen molar-refractivity contribution in [3.8, 4) is 0 Å². The van der Waals surface area contributed by atoms with E-state index in [2.05, 4.69) is 15.9 Å². The third kappa shape index (κ3) is 4.00. The van der Waals surface area contributed by atoms with Crippen molar-refractivity contribution in [3.05, 3.63) is 33.3 Å². The van der Waals surface area contributed by atoms with E-state index in [1.165, 1.54) is 0 Å². The van der Waals surface area contributed by atoms with E-state index in [0.29, 0.717) is 13.0 Å². The molecule has 0 N–H and O–H groups in total. The maximum absolute atomic E-state index is 11.4. The van der Waals surface area contributed by atoms with E-state index in [4.69, 9.17) is 16.3 Å². The van der Waals surface area contributed by atoms with Crippen molar-refractivity contribution in [3.63, 3.8) is 0 Å².